The Morgan fingerprint density at radius 3 is 2.14 bits per heavy atom. The first-order valence-electron chi connectivity index (χ1n) is 6.80. The SMILES string of the molecule is CNC(c1ccc(F)c(F)c1)c1ccc2ccccc2c1. The lowest BCUT2D eigenvalue weighted by Crippen LogP contribution is -2.17. The highest BCUT2D eigenvalue weighted by Crippen LogP contribution is 2.26. The van der Waals surface area contributed by atoms with E-state index in [2.05, 4.69) is 11.4 Å². The summed E-state index contributed by atoms with van der Waals surface area (Å²) in [6, 6.07) is 18.0. The van der Waals surface area contributed by atoms with Crippen molar-refractivity contribution in [2.75, 3.05) is 7.05 Å². The van der Waals surface area contributed by atoms with Gasteiger partial charge in [-0.05, 0) is 47.1 Å². The van der Waals surface area contributed by atoms with Crippen molar-refractivity contribution in [1.82, 2.24) is 5.32 Å². The van der Waals surface area contributed by atoms with E-state index in [-0.39, 0.29) is 6.04 Å². The minimum Gasteiger partial charge on any atom is -0.309 e. The second-order valence-corrected chi connectivity index (χ2v) is 5.00. The fourth-order valence-corrected chi connectivity index (χ4v) is 2.61. The Hall–Kier alpha value is -2.26. The van der Waals surface area contributed by atoms with E-state index in [0.29, 0.717) is 5.56 Å². The van der Waals surface area contributed by atoms with Crippen LogP contribution in [0.4, 0.5) is 8.78 Å². The van der Waals surface area contributed by atoms with E-state index in [9.17, 15) is 8.78 Å². The standard InChI is InChI=1S/C18H15F2N/c1-21-18(15-8-9-16(19)17(20)11-15)14-7-6-12-4-2-3-5-13(12)10-14/h2-11,18,21H,1H3. The number of nitrogens with one attached hydrogen (secondary N) is 1. The molecular formula is C18H15F2N. The third-order valence-electron chi connectivity index (χ3n) is 3.67. The van der Waals surface area contributed by atoms with Crippen molar-refractivity contribution in [2.24, 2.45) is 0 Å². The summed E-state index contributed by atoms with van der Waals surface area (Å²) in [5.74, 6) is -1.65. The van der Waals surface area contributed by atoms with Crippen LogP contribution in [0, 0.1) is 11.6 Å². The molecule has 0 saturated heterocycles. The molecule has 0 spiro atoms. The molecule has 0 aliphatic carbocycles. The molecule has 3 heteroatoms. The van der Waals surface area contributed by atoms with Gasteiger partial charge in [-0.2, -0.15) is 0 Å². The lowest BCUT2D eigenvalue weighted by atomic mass is 9.96. The van der Waals surface area contributed by atoms with Gasteiger partial charge in [-0.3, -0.25) is 0 Å². The number of hydrogen-bond donors (Lipinski definition) is 1. The van der Waals surface area contributed by atoms with Crippen molar-refractivity contribution in [3.05, 3.63) is 83.4 Å². The maximum Gasteiger partial charge on any atom is 0.159 e. The van der Waals surface area contributed by atoms with E-state index in [4.69, 9.17) is 0 Å². The number of benzene rings is 3. The molecule has 1 nitrogen and oxygen atoms in total. The Balaban J connectivity index is 2.06. The monoisotopic (exact) mass is 283 g/mol. The highest BCUT2D eigenvalue weighted by atomic mass is 19.2. The van der Waals surface area contributed by atoms with Crippen LogP contribution in [0.15, 0.2) is 60.7 Å². The van der Waals surface area contributed by atoms with Gasteiger partial charge in [0.15, 0.2) is 11.6 Å². The van der Waals surface area contributed by atoms with E-state index in [1.807, 2.05) is 36.4 Å². The fourth-order valence-electron chi connectivity index (χ4n) is 2.61. The van der Waals surface area contributed by atoms with E-state index in [1.165, 1.54) is 6.07 Å². The van der Waals surface area contributed by atoms with Crippen LogP contribution in [-0.2, 0) is 0 Å². The van der Waals surface area contributed by atoms with Crippen molar-refractivity contribution in [1.29, 1.82) is 0 Å². The smallest absolute Gasteiger partial charge is 0.159 e. The lowest BCUT2D eigenvalue weighted by Gasteiger charge is -2.18. The Morgan fingerprint density at radius 2 is 1.43 bits per heavy atom. The third-order valence-corrected chi connectivity index (χ3v) is 3.67. The molecule has 106 valence electrons. The van der Waals surface area contributed by atoms with E-state index in [0.717, 1.165) is 22.4 Å². The number of fused-ring (bicyclic) bond motifs is 1. The molecule has 0 radical (unpaired) electrons. The number of halogens is 2. The van der Waals surface area contributed by atoms with E-state index in [1.54, 1.807) is 13.1 Å². The minimum atomic E-state index is -0.827. The topological polar surface area (TPSA) is 12.0 Å². The van der Waals surface area contributed by atoms with Gasteiger partial charge in [-0.25, -0.2) is 8.78 Å². The molecule has 0 bridgehead atoms. The summed E-state index contributed by atoms with van der Waals surface area (Å²) in [6.45, 7) is 0. The van der Waals surface area contributed by atoms with Crippen LogP contribution in [0.5, 0.6) is 0 Å². The summed E-state index contributed by atoms with van der Waals surface area (Å²) < 4.78 is 26.5. The Kier molecular flexibility index (Phi) is 3.67. The molecule has 0 heterocycles. The average Bonchev–Trinajstić information content (AvgIpc) is 2.51. The maximum absolute atomic E-state index is 13.4. The summed E-state index contributed by atoms with van der Waals surface area (Å²) in [5, 5.41) is 5.43. The van der Waals surface area contributed by atoms with Crippen LogP contribution in [-0.4, -0.2) is 7.05 Å². The van der Waals surface area contributed by atoms with Crippen LogP contribution in [0.1, 0.15) is 17.2 Å². The third kappa shape index (κ3) is 2.65. The lowest BCUT2D eigenvalue weighted by molar-refractivity contribution is 0.505. The highest BCUT2D eigenvalue weighted by Gasteiger charge is 2.14. The van der Waals surface area contributed by atoms with E-state index >= 15 is 0 Å². The molecule has 21 heavy (non-hydrogen) atoms. The first kappa shape index (κ1) is 13.7. The van der Waals surface area contributed by atoms with Gasteiger partial charge in [0.05, 0.1) is 6.04 Å². The second-order valence-electron chi connectivity index (χ2n) is 5.00. The predicted octanol–water partition coefficient (Wildman–Crippen LogP) is 4.43. The van der Waals surface area contributed by atoms with Crippen molar-refractivity contribution in [2.45, 2.75) is 6.04 Å². The quantitative estimate of drug-likeness (QED) is 0.750. The minimum absolute atomic E-state index is 0.176. The summed E-state index contributed by atoms with van der Waals surface area (Å²) in [5.41, 5.74) is 1.72. The van der Waals surface area contributed by atoms with Crippen LogP contribution >= 0.6 is 0 Å². The molecule has 1 atom stereocenters. The molecule has 0 saturated carbocycles. The van der Waals surface area contributed by atoms with Crippen molar-refractivity contribution in [3.63, 3.8) is 0 Å². The molecule has 1 N–H and O–H groups in total. The normalized spacial score (nSPS) is 12.5. The molecular weight excluding hydrogens is 268 g/mol. The first-order valence-corrected chi connectivity index (χ1v) is 6.80. The molecule has 3 aromatic carbocycles. The zero-order chi connectivity index (χ0) is 14.8. The summed E-state index contributed by atoms with van der Waals surface area (Å²) >= 11 is 0. The van der Waals surface area contributed by atoms with Gasteiger partial charge in [0.25, 0.3) is 0 Å². The summed E-state index contributed by atoms with van der Waals surface area (Å²) in [6.07, 6.45) is 0. The van der Waals surface area contributed by atoms with Crippen molar-refractivity contribution >= 4 is 10.8 Å². The highest BCUT2D eigenvalue weighted by molar-refractivity contribution is 5.83. The fraction of sp³-hybridized carbons (Fsp3) is 0.111. The molecule has 0 aliphatic heterocycles. The van der Waals surface area contributed by atoms with Crippen LogP contribution in [0.25, 0.3) is 10.8 Å². The van der Waals surface area contributed by atoms with Gasteiger partial charge < -0.3 is 5.32 Å². The second kappa shape index (κ2) is 5.62. The van der Waals surface area contributed by atoms with Gasteiger partial charge in [0.1, 0.15) is 0 Å². The molecule has 0 aliphatic rings. The molecule has 3 rings (SSSR count). The Morgan fingerprint density at radius 1 is 0.762 bits per heavy atom. The molecule has 1 unspecified atom stereocenters. The van der Waals surface area contributed by atoms with Gasteiger partial charge in [-0.15, -0.1) is 0 Å². The van der Waals surface area contributed by atoms with Crippen LogP contribution in [0.2, 0.25) is 0 Å². The van der Waals surface area contributed by atoms with Gasteiger partial charge >= 0.3 is 0 Å². The zero-order valence-electron chi connectivity index (χ0n) is 11.6. The summed E-state index contributed by atoms with van der Waals surface area (Å²) in [4.78, 5) is 0. The largest absolute Gasteiger partial charge is 0.309 e. The van der Waals surface area contributed by atoms with Crippen LogP contribution < -0.4 is 5.32 Å². The summed E-state index contributed by atoms with van der Waals surface area (Å²) in [7, 11) is 1.81. The Labute approximate surface area is 122 Å². The predicted molar refractivity (Wildman–Crippen MR) is 81.2 cm³/mol. The first-order chi connectivity index (χ1) is 10.2. The van der Waals surface area contributed by atoms with Gasteiger partial charge in [-0.1, -0.05) is 42.5 Å². The molecule has 0 aromatic heterocycles. The number of hydrogen-bond acceptors (Lipinski definition) is 1. The van der Waals surface area contributed by atoms with Crippen molar-refractivity contribution in [3.8, 4) is 0 Å². The van der Waals surface area contributed by atoms with Crippen molar-refractivity contribution < 1.29 is 8.78 Å². The molecule has 0 amide bonds. The zero-order valence-corrected chi connectivity index (χ0v) is 11.6. The van der Waals surface area contributed by atoms with Crippen LogP contribution in [0.3, 0.4) is 0 Å². The maximum atomic E-state index is 13.4. The average molecular weight is 283 g/mol. The Bertz CT molecular complexity index is 783. The molecule has 3 aromatic rings. The van der Waals surface area contributed by atoms with Gasteiger partial charge in [0, 0.05) is 0 Å². The van der Waals surface area contributed by atoms with Gasteiger partial charge in [0.2, 0.25) is 0 Å². The van der Waals surface area contributed by atoms with E-state index < -0.39 is 11.6 Å². The molecule has 0 fully saturated rings. The number of rotatable bonds is 3.